The third-order valence-electron chi connectivity index (χ3n) is 4.19. The Labute approximate surface area is 134 Å². The third-order valence-corrected chi connectivity index (χ3v) is 4.41. The molecule has 1 saturated heterocycles. The molecule has 3 rings (SSSR count). The highest BCUT2D eigenvalue weighted by atomic mass is 35.5. The van der Waals surface area contributed by atoms with E-state index < -0.39 is 0 Å². The number of nitrogens with one attached hydrogen (secondary N) is 1. The van der Waals surface area contributed by atoms with E-state index in [-0.39, 0.29) is 5.91 Å². The van der Waals surface area contributed by atoms with Crippen LogP contribution in [-0.4, -0.2) is 51.9 Å². The zero-order valence-electron chi connectivity index (χ0n) is 12.5. The Bertz CT molecular complexity index is 635. The number of pyridine rings is 1. The summed E-state index contributed by atoms with van der Waals surface area (Å²) in [7, 11) is 0. The molecule has 116 valence electrons. The van der Waals surface area contributed by atoms with Crippen LogP contribution < -0.4 is 0 Å². The molecule has 0 aliphatic carbocycles. The molecule has 1 atom stereocenters. The molecule has 0 aromatic carbocycles. The molecule has 22 heavy (non-hydrogen) atoms. The zero-order chi connectivity index (χ0) is 15.5. The highest BCUT2D eigenvalue weighted by molar-refractivity contribution is 6.30. The molecule has 1 fully saturated rings. The van der Waals surface area contributed by atoms with Gasteiger partial charge in [0, 0.05) is 50.8 Å². The summed E-state index contributed by atoms with van der Waals surface area (Å²) in [4.78, 5) is 23.7. The Morgan fingerprint density at radius 1 is 1.36 bits per heavy atom. The molecular weight excluding hydrogens is 300 g/mol. The number of aromatic amines is 1. The number of hydrogen-bond acceptors (Lipinski definition) is 3. The lowest BCUT2D eigenvalue weighted by Crippen LogP contribution is -2.49. The van der Waals surface area contributed by atoms with E-state index in [4.69, 9.17) is 11.6 Å². The standard InChI is InChI=1S/C16H19ClN4O/c1-12(13-3-2-4-18-10-13)20-5-7-21(8-6-20)16(22)15-9-14(17)11-19-15/h2-4,9-12,19H,5-8H2,1H3/t12-/m0/s1. The normalized spacial score (nSPS) is 17.5. The zero-order valence-corrected chi connectivity index (χ0v) is 13.3. The van der Waals surface area contributed by atoms with E-state index in [0.717, 1.165) is 26.2 Å². The number of carbonyl (C=O) groups excluding carboxylic acids is 1. The molecular formula is C16H19ClN4O. The van der Waals surface area contributed by atoms with E-state index in [9.17, 15) is 4.79 Å². The molecule has 0 radical (unpaired) electrons. The van der Waals surface area contributed by atoms with Crippen molar-refractivity contribution in [2.24, 2.45) is 0 Å². The molecule has 1 N–H and O–H groups in total. The maximum Gasteiger partial charge on any atom is 0.270 e. The van der Waals surface area contributed by atoms with Crippen LogP contribution in [0, 0.1) is 0 Å². The van der Waals surface area contributed by atoms with Crippen molar-refractivity contribution in [3.05, 3.63) is 53.1 Å². The van der Waals surface area contributed by atoms with Gasteiger partial charge in [0.15, 0.2) is 0 Å². The Kier molecular flexibility index (Phi) is 4.45. The predicted molar refractivity (Wildman–Crippen MR) is 85.9 cm³/mol. The fourth-order valence-electron chi connectivity index (χ4n) is 2.81. The minimum absolute atomic E-state index is 0.0144. The van der Waals surface area contributed by atoms with Crippen LogP contribution in [0.3, 0.4) is 0 Å². The summed E-state index contributed by atoms with van der Waals surface area (Å²) in [5.41, 5.74) is 1.76. The molecule has 2 aromatic rings. The molecule has 2 aromatic heterocycles. The second-order valence-electron chi connectivity index (χ2n) is 5.52. The smallest absolute Gasteiger partial charge is 0.270 e. The molecule has 1 aliphatic rings. The van der Waals surface area contributed by atoms with Crippen molar-refractivity contribution in [3.8, 4) is 0 Å². The van der Waals surface area contributed by atoms with Crippen molar-refractivity contribution in [3.63, 3.8) is 0 Å². The fraction of sp³-hybridized carbons (Fsp3) is 0.375. The molecule has 0 unspecified atom stereocenters. The van der Waals surface area contributed by atoms with E-state index in [1.807, 2.05) is 17.2 Å². The first-order chi connectivity index (χ1) is 10.6. The van der Waals surface area contributed by atoms with Crippen LogP contribution in [0.2, 0.25) is 5.02 Å². The summed E-state index contributed by atoms with van der Waals surface area (Å²) in [6.45, 7) is 5.34. The predicted octanol–water partition coefficient (Wildman–Crippen LogP) is 2.58. The highest BCUT2D eigenvalue weighted by Gasteiger charge is 2.26. The van der Waals surface area contributed by atoms with Gasteiger partial charge in [0.05, 0.1) is 5.02 Å². The number of piperazine rings is 1. The molecule has 0 saturated carbocycles. The lowest BCUT2D eigenvalue weighted by atomic mass is 10.1. The van der Waals surface area contributed by atoms with Crippen LogP contribution in [-0.2, 0) is 0 Å². The van der Waals surface area contributed by atoms with Gasteiger partial charge >= 0.3 is 0 Å². The second-order valence-corrected chi connectivity index (χ2v) is 5.96. The SMILES string of the molecule is C[C@@H](c1cccnc1)N1CCN(C(=O)c2cc(Cl)c[nH]2)CC1. The van der Waals surface area contributed by atoms with Gasteiger partial charge in [-0.1, -0.05) is 17.7 Å². The lowest BCUT2D eigenvalue weighted by Gasteiger charge is -2.38. The van der Waals surface area contributed by atoms with Gasteiger partial charge in [-0.05, 0) is 24.6 Å². The van der Waals surface area contributed by atoms with Gasteiger partial charge in [0.1, 0.15) is 5.69 Å². The lowest BCUT2D eigenvalue weighted by molar-refractivity contribution is 0.0577. The Hall–Kier alpha value is -1.85. The van der Waals surface area contributed by atoms with Gasteiger partial charge in [-0.25, -0.2) is 0 Å². The summed E-state index contributed by atoms with van der Waals surface area (Å²) in [5, 5.41) is 0.562. The minimum Gasteiger partial charge on any atom is -0.356 e. The van der Waals surface area contributed by atoms with E-state index >= 15 is 0 Å². The van der Waals surface area contributed by atoms with Crippen LogP contribution in [0.15, 0.2) is 36.8 Å². The van der Waals surface area contributed by atoms with Crippen LogP contribution in [0.25, 0.3) is 0 Å². The summed E-state index contributed by atoms with van der Waals surface area (Å²) in [5.74, 6) is 0.0144. The number of amides is 1. The van der Waals surface area contributed by atoms with Gasteiger partial charge in [0.2, 0.25) is 0 Å². The molecule has 5 nitrogen and oxygen atoms in total. The Morgan fingerprint density at radius 3 is 2.73 bits per heavy atom. The molecule has 1 aliphatic heterocycles. The Morgan fingerprint density at radius 2 is 2.14 bits per heavy atom. The summed E-state index contributed by atoms with van der Waals surface area (Å²) < 4.78 is 0. The van der Waals surface area contributed by atoms with Crippen molar-refractivity contribution in [1.29, 1.82) is 0 Å². The first kappa shape index (κ1) is 15.1. The minimum atomic E-state index is 0.0144. The average molecular weight is 319 g/mol. The summed E-state index contributed by atoms with van der Waals surface area (Å²) >= 11 is 5.86. The van der Waals surface area contributed by atoms with Gasteiger partial charge in [0.25, 0.3) is 5.91 Å². The number of nitrogens with zero attached hydrogens (tertiary/aromatic N) is 3. The largest absolute Gasteiger partial charge is 0.356 e. The maximum atomic E-state index is 12.4. The molecule has 6 heteroatoms. The quantitative estimate of drug-likeness (QED) is 0.946. The van der Waals surface area contributed by atoms with Crippen LogP contribution in [0.5, 0.6) is 0 Å². The third kappa shape index (κ3) is 3.15. The number of halogens is 1. The van der Waals surface area contributed by atoms with Crippen molar-refractivity contribution in [2.45, 2.75) is 13.0 Å². The van der Waals surface area contributed by atoms with Crippen molar-refractivity contribution >= 4 is 17.5 Å². The van der Waals surface area contributed by atoms with Gasteiger partial charge in [-0.15, -0.1) is 0 Å². The number of hydrogen-bond donors (Lipinski definition) is 1. The van der Waals surface area contributed by atoms with Crippen molar-refractivity contribution < 1.29 is 4.79 Å². The van der Waals surface area contributed by atoms with Crippen molar-refractivity contribution in [2.75, 3.05) is 26.2 Å². The molecule has 0 bridgehead atoms. The van der Waals surface area contributed by atoms with Gasteiger partial charge in [-0.2, -0.15) is 0 Å². The van der Waals surface area contributed by atoms with Crippen molar-refractivity contribution in [1.82, 2.24) is 19.8 Å². The topological polar surface area (TPSA) is 52.2 Å². The second kappa shape index (κ2) is 6.50. The van der Waals surface area contributed by atoms with Gasteiger partial charge < -0.3 is 9.88 Å². The van der Waals surface area contributed by atoms with Crippen LogP contribution in [0.1, 0.15) is 29.0 Å². The summed E-state index contributed by atoms with van der Waals surface area (Å²) in [6.07, 6.45) is 5.33. The van der Waals surface area contributed by atoms with E-state index in [2.05, 4.69) is 27.9 Å². The van der Waals surface area contributed by atoms with Crippen LogP contribution >= 0.6 is 11.6 Å². The maximum absolute atomic E-state index is 12.4. The number of carbonyl (C=O) groups is 1. The number of rotatable bonds is 3. The van der Waals surface area contributed by atoms with E-state index in [1.54, 1.807) is 18.5 Å². The Balaban J connectivity index is 1.59. The molecule has 3 heterocycles. The monoisotopic (exact) mass is 318 g/mol. The van der Waals surface area contributed by atoms with Crippen LogP contribution in [0.4, 0.5) is 0 Å². The van der Waals surface area contributed by atoms with E-state index in [1.165, 1.54) is 5.56 Å². The number of H-pyrrole nitrogens is 1. The number of aromatic nitrogens is 2. The molecule has 1 amide bonds. The fourth-order valence-corrected chi connectivity index (χ4v) is 2.97. The average Bonchev–Trinajstić information content (AvgIpc) is 3.01. The molecule has 0 spiro atoms. The first-order valence-electron chi connectivity index (χ1n) is 7.42. The first-order valence-corrected chi connectivity index (χ1v) is 7.80. The van der Waals surface area contributed by atoms with E-state index in [0.29, 0.717) is 16.8 Å². The summed E-state index contributed by atoms with van der Waals surface area (Å²) in [6, 6.07) is 6.04. The van der Waals surface area contributed by atoms with Gasteiger partial charge in [-0.3, -0.25) is 14.7 Å². The highest BCUT2D eigenvalue weighted by Crippen LogP contribution is 2.21.